The highest BCUT2D eigenvalue weighted by molar-refractivity contribution is 5.89. The number of carbonyl (C=O) groups is 1. The Kier molecular flexibility index (Phi) is 3.77. The third-order valence-electron chi connectivity index (χ3n) is 3.98. The highest BCUT2D eigenvalue weighted by Gasteiger charge is 2.28. The fourth-order valence-electron chi connectivity index (χ4n) is 2.62. The minimum Gasteiger partial charge on any atom is -0.365 e. The van der Waals surface area contributed by atoms with E-state index in [1.807, 2.05) is 6.92 Å². The average Bonchev–Trinajstić information content (AvgIpc) is 2.36. The van der Waals surface area contributed by atoms with Crippen molar-refractivity contribution in [1.29, 1.82) is 0 Å². The first kappa shape index (κ1) is 15.1. The highest BCUT2D eigenvalue weighted by atomic mass is 16.2. The van der Waals surface area contributed by atoms with E-state index in [1.165, 1.54) is 16.8 Å². The Hall–Kier alpha value is -2.30. The number of urea groups is 1. The van der Waals surface area contributed by atoms with Crippen LogP contribution < -0.4 is 16.1 Å². The number of hydrazone groups is 1. The molecule has 1 aliphatic heterocycles. The molecule has 21 heavy (non-hydrogen) atoms. The summed E-state index contributed by atoms with van der Waals surface area (Å²) in [6.07, 6.45) is 3.88. The van der Waals surface area contributed by atoms with Crippen LogP contribution in [0.25, 0.3) is 5.57 Å². The van der Waals surface area contributed by atoms with E-state index < -0.39 is 6.03 Å². The van der Waals surface area contributed by atoms with E-state index >= 15 is 0 Å². The first-order valence-corrected chi connectivity index (χ1v) is 6.89. The average molecular weight is 286 g/mol. The summed E-state index contributed by atoms with van der Waals surface area (Å²) >= 11 is 0. The lowest BCUT2D eigenvalue weighted by atomic mass is 9.87. The molecule has 2 rings (SSSR count). The molecule has 0 atom stereocenters. The van der Waals surface area contributed by atoms with Gasteiger partial charge in [-0.25, -0.2) is 10.2 Å². The Morgan fingerprint density at radius 3 is 2.67 bits per heavy atom. The summed E-state index contributed by atoms with van der Waals surface area (Å²) in [5.74, 6) is 0. The van der Waals surface area contributed by atoms with E-state index in [0.717, 1.165) is 11.1 Å². The van der Waals surface area contributed by atoms with Gasteiger partial charge in [0.05, 0.1) is 11.8 Å². The summed E-state index contributed by atoms with van der Waals surface area (Å²) in [5, 5.41) is 3.84. The van der Waals surface area contributed by atoms with Gasteiger partial charge in [-0.2, -0.15) is 5.10 Å². The Bertz CT molecular complexity index is 644. The van der Waals surface area contributed by atoms with Gasteiger partial charge >= 0.3 is 6.03 Å². The molecule has 1 aromatic carbocycles. The number of likely N-dealkylation sites (N-methyl/N-ethyl adjacent to an activating group) is 1. The lowest BCUT2D eigenvalue weighted by Crippen LogP contribution is -2.42. The van der Waals surface area contributed by atoms with Crippen LogP contribution in [0.4, 0.5) is 10.5 Å². The van der Waals surface area contributed by atoms with E-state index in [0.29, 0.717) is 0 Å². The summed E-state index contributed by atoms with van der Waals surface area (Å²) in [7, 11) is 2.10. The summed E-state index contributed by atoms with van der Waals surface area (Å²) in [6, 6.07) is 3.58. The maximum absolute atomic E-state index is 10.7. The number of nitrogens with two attached hydrogens (primary N) is 1. The molecule has 0 aromatic heterocycles. The van der Waals surface area contributed by atoms with Gasteiger partial charge in [0.25, 0.3) is 0 Å². The van der Waals surface area contributed by atoms with Crippen molar-refractivity contribution < 1.29 is 4.79 Å². The third kappa shape index (κ3) is 2.91. The Labute approximate surface area is 125 Å². The van der Waals surface area contributed by atoms with Crippen LogP contribution in [0.3, 0.4) is 0 Å². The number of amides is 2. The molecule has 0 aliphatic carbocycles. The van der Waals surface area contributed by atoms with Gasteiger partial charge in [-0.15, -0.1) is 0 Å². The van der Waals surface area contributed by atoms with Crippen LogP contribution in [-0.4, -0.2) is 24.8 Å². The topological polar surface area (TPSA) is 70.7 Å². The molecule has 0 unspecified atom stereocenters. The van der Waals surface area contributed by atoms with Crippen molar-refractivity contribution in [1.82, 2.24) is 5.43 Å². The number of aryl methyl sites for hydroxylation is 1. The number of rotatable bonds is 2. The predicted octanol–water partition coefficient (Wildman–Crippen LogP) is 2.63. The second kappa shape index (κ2) is 5.24. The molecule has 112 valence electrons. The van der Waals surface area contributed by atoms with Crippen molar-refractivity contribution in [3.8, 4) is 0 Å². The molecule has 1 heterocycles. The minimum atomic E-state index is -0.667. The van der Waals surface area contributed by atoms with Crippen LogP contribution in [0.2, 0.25) is 0 Å². The number of fused-ring (bicyclic) bond motifs is 1. The number of allylic oxidation sites excluding steroid dienone is 1. The summed E-state index contributed by atoms with van der Waals surface area (Å²) in [5.41, 5.74) is 12.9. The molecule has 3 N–H and O–H groups in total. The second-order valence-electron chi connectivity index (χ2n) is 6.00. The number of nitrogens with zero attached hydrogens (tertiary/aromatic N) is 2. The van der Waals surface area contributed by atoms with Crippen molar-refractivity contribution in [3.63, 3.8) is 0 Å². The predicted molar refractivity (Wildman–Crippen MR) is 87.6 cm³/mol. The normalized spacial score (nSPS) is 16.6. The quantitative estimate of drug-likeness (QED) is 0.648. The van der Waals surface area contributed by atoms with E-state index in [9.17, 15) is 4.79 Å². The van der Waals surface area contributed by atoms with Crippen molar-refractivity contribution in [2.45, 2.75) is 33.2 Å². The molecule has 1 aliphatic rings. The fraction of sp³-hybridized carbons (Fsp3) is 0.375. The Balaban J connectivity index is 2.46. The van der Waals surface area contributed by atoms with Crippen molar-refractivity contribution in [3.05, 3.63) is 34.9 Å². The smallest absolute Gasteiger partial charge is 0.332 e. The first-order chi connectivity index (χ1) is 9.72. The van der Waals surface area contributed by atoms with Crippen LogP contribution in [-0.2, 0) is 0 Å². The molecule has 0 bridgehead atoms. The second-order valence-corrected chi connectivity index (χ2v) is 6.00. The van der Waals surface area contributed by atoms with Gasteiger partial charge in [0.2, 0.25) is 0 Å². The molecule has 2 amide bonds. The van der Waals surface area contributed by atoms with E-state index in [-0.39, 0.29) is 5.54 Å². The number of primary amides is 1. The van der Waals surface area contributed by atoms with Crippen LogP contribution in [0.1, 0.15) is 37.5 Å². The van der Waals surface area contributed by atoms with Gasteiger partial charge in [0.15, 0.2) is 0 Å². The summed E-state index contributed by atoms with van der Waals surface area (Å²) in [6.45, 7) is 8.54. The molecule has 0 radical (unpaired) electrons. The van der Waals surface area contributed by atoms with Gasteiger partial charge in [-0.05, 0) is 56.5 Å². The number of anilines is 1. The third-order valence-corrected chi connectivity index (χ3v) is 3.98. The Morgan fingerprint density at radius 1 is 1.38 bits per heavy atom. The number of hydrogen-bond donors (Lipinski definition) is 2. The number of benzene rings is 1. The molecule has 5 nitrogen and oxygen atoms in total. The maximum atomic E-state index is 10.7. The lowest BCUT2D eigenvalue weighted by molar-refractivity contribution is 0.249. The first-order valence-electron chi connectivity index (χ1n) is 6.89. The molecular formula is C16H22N4O. The van der Waals surface area contributed by atoms with Crippen LogP contribution in [0, 0.1) is 6.92 Å². The zero-order valence-corrected chi connectivity index (χ0v) is 13.2. The SMILES string of the molecule is CC1=CC(C)(C)N(C)c2cc(C)c(/C=N\NC(N)=O)cc21. The number of hydrogen-bond acceptors (Lipinski definition) is 3. The zero-order valence-electron chi connectivity index (χ0n) is 13.2. The van der Waals surface area contributed by atoms with Gasteiger partial charge < -0.3 is 10.6 Å². The van der Waals surface area contributed by atoms with Gasteiger partial charge in [0.1, 0.15) is 0 Å². The molecule has 0 fully saturated rings. The Morgan fingerprint density at radius 2 is 2.05 bits per heavy atom. The van der Waals surface area contributed by atoms with E-state index in [2.05, 4.69) is 61.5 Å². The van der Waals surface area contributed by atoms with Crippen LogP contribution in [0.5, 0.6) is 0 Å². The molecule has 0 spiro atoms. The molecule has 0 saturated heterocycles. The standard InChI is InChI=1S/C16H22N4O/c1-10-6-14-13(7-12(10)9-18-19-15(17)21)11(2)8-16(3,4)20(14)5/h6-9H,1-5H3,(H3,17,19,21)/b18-9-. The molecule has 1 aromatic rings. The zero-order chi connectivity index (χ0) is 15.8. The van der Waals surface area contributed by atoms with Crippen molar-refractivity contribution >= 4 is 23.5 Å². The number of nitrogens with one attached hydrogen (secondary N) is 1. The van der Waals surface area contributed by atoms with E-state index in [1.54, 1.807) is 6.21 Å². The van der Waals surface area contributed by atoms with E-state index in [4.69, 9.17) is 5.73 Å². The van der Waals surface area contributed by atoms with Crippen molar-refractivity contribution in [2.24, 2.45) is 10.8 Å². The van der Waals surface area contributed by atoms with Crippen LogP contribution >= 0.6 is 0 Å². The minimum absolute atomic E-state index is 0.00729. The fourth-order valence-corrected chi connectivity index (χ4v) is 2.62. The monoisotopic (exact) mass is 286 g/mol. The van der Waals surface area contributed by atoms with Crippen LogP contribution in [0.15, 0.2) is 23.3 Å². The van der Waals surface area contributed by atoms with Gasteiger partial charge in [-0.3, -0.25) is 0 Å². The highest BCUT2D eigenvalue weighted by Crippen LogP contribution is 2.38. The molecule has 0 saturated carbocycles. The molecular weight excluding hydrogens is 264 g/mol. The largest absolute Gasteiger partial charge is 0.365 e. The lowest BCUT2D eigenvalue weighted by Gasteiger charge is -2.41. The summed E-state index contributed by atoms with van der Waals surface area (Å²) in [4.78, 5) is 12.9. The number of carbonyl (C=O) groups excluding carboxylic acids is 1. The van der Waals surface area contributed by atoms with Crippen molar-refractivity contribution in [2.75, 3.05) is 11.9 Å². The van der Waals surface area contributed by atoms with Gasteiger partial charge in [-0.1, -0.05) is 6.08 Å². The summed E-state index contributed by atoms with van der Waals surface area (Å²) < 4.78 is 0. The van der Waals surface area contributed by atoms with Gasteiger partial charge in [0, 0.05) is 18.3 Å². The maximum Gasteiger partial charge on any atom is 0.332 e. The molecule has 5 heteroatoms.